The van der Waals surface area contributed by atoms with Gasteiger partial charge in [0.15, 0.2) is 0 Å². The number of hydrogen-bond acceptors (Lipinski definition) is 4. The van der Waals surface area contributed by atoms with Crippen LogP contribution in [-0.2, 0) is 28.1 Å². The molecule has 0 spiro atoms. The van der Waals surface area contributed by atoms with Crippen LogP contribution in [0, 0.1) is 0 Å². The Balaban J connectivity index is 1.62. The van der Waals surface area contributed by atoms with Crippen LogP contribution < -0.4 is 0 Å². The molecular formula is C31H22F6O4. The van der Waals surface area contributed by atoms with Gasteiger partial charge in [-0.15, -0.1) is 0 Å². The maximum absolute atomic E-state index is 14.5. The van der Waals surface area contributed by atoms with Gasteiger partial charge in [0.25, 0.3) is 0 Å². The number of benzene rings is 4. The highest BCUT2D eigenvalue weighted by molar-refractivity contribution is 5.90. The normalized spacial score (nSPS) is 12.0. The van der Waals surface area contributed by atoms with Crippen LogP contribution in [0.15, 0.2) is 109 Å². The summed E-state index contributed by atoms with van der Waals surface area (Å²) < 4.78 is 97.1. The molecule has 41 heavy (non-hydrogen) atoms. The smallest absolute Gasteiger partial charge is 0.411 e. The molecule has 0 N–H and O–H groups in total. The van der Waals surface area contributed by atoms with Gasteiger partial charge in [-0.2, -0.15) is 26.3 Å². The maximum Gasteiger partial charge on any atom is 0.411 e. The number of carbonyl (C=O) groups excluding carboxylic acids is 2. The summed E-state index contributed by atoms with van der Waals surface area (Å²) in [5.74, 6) is -1.83. The van der Waals surface area contributed by atoms with Crippen molar-refractivity contribution in [1.29, 1.82) is 0 Å². The Morgan fingerprint density at radius 1 is 0.488 bits per heavy atom. The van der Waals surface area contributed by atoms with E-state index in [9.17, 15) is 35.9 Å². The number of esters is 2. The zero-order valence-corrected chi connectivity index (χ0v) is 21.2. The molecule has 10 heteroatoms. The molecule has 0 aliphatic heterocycles. The van der Waals surface area contributed by atoms with E-state index in [2.05, 4.69) is 0 Å². The number of carbonyl (C=O) groups is 2. The van der Waals surface area contributed by atoms with Crippen molar-refractivity contribution in [1.82, 2.24) is 0 Å². The highest BCUT2D eigenvalue weighted by Gasteiger charge is 2.72. The Bertz CT molecular complexity index is 1350. The molecule has 0 amide bonds. The van der Waals surface area contributed by atoms with Gasteiger partial charge in [0.05, 0.1) is 11.1 Å². The van der Waals surface area contributed by atoms with Gasteiger partial charge in [0.1, 0.15) is 13.2 Å². The third kappa shape index (κ3) is 6.26. The van der Waals surface area contributed by atoms with Crippen LogP contribution in [-0.4, -0.2) is 24.3 Å². The van der Waals surface area contributed by atoms with Gasteiger partial charge in [-0.3, -0.25) is 0 Å². The molecule has 0 aliphatic carbocycles. The molecule has 0 fully saturated rings. The highest BCUT2D eigenvalue weighted by Crippen LogP contribution is 2.56. The molecule has 4 nitrogen and oxygen atoms in total. The molecule has 0 bridgehead atoms. The topological polar surface area (TPSA) is 52.6 Å². The van der Waals surface area contributed by atoms with Crippen LogP contribution in [0.25, 0.3) is 0 Å². The summed E-state index contributed by atoms with van der Waals surface area (Å²) >= 11 is 0. The van der Waals surface area contributed by atoms with E-state index in [0.29, 0.717) is 35.4 Å². The van der Waals surface area contributed by atoms with Crippen molar-refractivity contribution >= 4 is 11.9 Å². The van der Waals surface area contributed by atoms with E-state index in [-0.39, 0.29) is 24.3 Å². The number of hydrogen-bond donors (Lipinski definition) is 0. The van der Waals surface area contributed by atoms with Gasteiger partial charge in [-0.1, -0.05) is 84.9 Å². The molecular weight excluding hydrogens is 550 g/mol. The minimum atomic E-state index is -5.84. The van der Waals surface area contributed by atoms with E-state index in [1.165, 1.54) is 0 Å². The molecule has 4 aromatic carbocycles. The van der Waals surface area contributed by atoms with Crippen LogP contribution >= 0.6 is 0 Å². The Labute approximate surface area is 231 Å². The average molecular weight is 573 g/mol. The fourth-order valence-electron chi connectivity index (χ4n) is 4.31. The molecule has 0 saturated carbocycles. The quantitative estimate of drug-likeness (QED) is 0.160. The predicted octanol–water partition coefficient (Wildman–Crippen LogP) is 7.81. The van der Waals surface area contributed by atoms with Crippen molar-refractivity contribution < 1.29 is 45.4 Å². The first-order valence-corrected chi connectivity index (χ1v) is 12.2. The van der Waals surface area contributed by atoms with Crippen molar-refractivity contribution in [3.05, 3.63) is 143 Å². The lowest BCUT2D eigenvalue weighted by Crippen LogP contribution is -2.54. The number of ether oxygens (including phenoxy) is 2. The molecule has 0 aliphatic rings. The van der Waals surface area contributed by atoms with Crippen molar-refractivity contribution in [3.63, 3.8) is 0 Å². The van der Waals surface area contributed by atoms with E-state index >= 15 is 0 Å². The Kier molecular flexibility index (Phi) is 8.51. The number of alkyl halides is 6. The van der Waals surface area contributed by atoms with E-state index in [0.717, 1.165) is 24.3 Å². The van der Waals surface area contributed by atoms with Gasteiger partial charge < -0.3 is 9.47 Å². The van der Waals surface area contributed by atoms with Gasteiger partial charge in [0.2, 0.25) is 5.41 Å². The third-order valence-corrected chi connectivity index (χ3v) is 6.38. The van der Waals surface area contributed by atoms with E-state index < -0.39 is 40.8 Å². The molecule has 0 radical (unpaired) electrons. The molecule has 0 unspecified atom stereocenters. The minimum absolute atomic E-state index is 0.128. The Hall–Kier alpha value is -4.60. The number of halogens is 6. The Morgan fingerprint density at radius 2 is 0.805 bits per heavy atom. The van der Waals surface area contributed by atoms with Gasteiger partial charge in [-0.05, 0) is 46.5 Å². The van der Waals surface area contributed by atoms with E-state index in [1.807, 2.05) is 0 Å². The lowest BCUT2D eigenvalue weighted by Gasteiger charge is -2.38. The molecule has 0 atom stereocenters. The summed E-state index contributed by atoms with van der Waals surface area (Å²) in [5.41, 5.74) is -5.90. The van der Waals surface area contributed by atoms with Crippen molar-refractivity contribution in [2.24, 2.45) is 0 Å². The molecule has 0 aromatic heterocycles. The van der Waals surface area contributed by atoms with Gasteiger partial charge in [-0.25, -0.2) is 9.59 Å². The summed E-state index contributed by atoms with van der Waals surface area (Å²) in [7, 11) is 0. The predicted molar refractivity (Wildman–Crippen MR) is 137 cm³/mol. The fraction of sp³-hybridized carbons (Fsp3) is 0.161. The van der Waals surface area contributed by atoms with Crippen molar-refractivity contribution in [3.8, 4) is 0 Å². The average Bonchev–Trinajstić information content (AvgIpc) is 2.95. The monoisotopic (exact) mass is 572 g/mol. The lowest BCUT2D eigenvalue weighted by molar-refractivity contribution is -0.288. The molecule has 0 saturated heterocycles. The Morgan fingerprint density at radius 3 is 1.10 bits per heavy atom. The van der Waals surface area contributed by atoms with Crippen LogP contribution in [0.4, 0.5) is 26.3 Å². The fourth-order valence-corrected chi connectivity index (χ4v) is 4.31. The zero-order chi connectivity index (χ0) is 29.7. The second kappa shape index (κ2) is 11.9. The van der Waals surface area contributed by atoms with Gasteiger partial charge in [0, 0.05) is 0 Å². The number of rotatable bonds is 8. The molecule has 4 rings (SSSR count). The van der Waals surface area contributed by atoms with Crippen LogP contribution in [0.5, 0.6) is 0 Å². The lowest BCUT2D eigenvalue weighted by atomic mass is 9.72. The molecule has 0 heterocycles. The largest absolute Gasteiger partial charge is 0.457 e. The maximum atomic E-state index is 14.5. The zero-order valence-electron chi connectivity index (χ0n) is 21.2. The first-order valence-electron chi connectivity index (χ1n) is 12.2. The first kappa shape index (κ1) is 29.4. The SMILES string of the molecule is O=C(OCc1ccccc1)c1ccc(C(c2ccc(C(=O)OCc3ccccc3)cc2)(C(F)(F)F)C(F)(F)F)cc1. The van der Waals surface area contributed by atoms with Crippen molar-refractivity contribution in [2.75, 3.05) is 0 Å². The standard InChI is InChI=1S/C31H22F6O4/c32-30(33,34)29(31(35,36)37,25-15-11-23(12-16-25)27(38)40-19-21-7-3-1-4-8-21)26-17-13-24(14-18-26)28(39)41-20-22-9-5-2-6-10-22/h1-18H,19-20H2. The summed E-state index contributed by atoms with van der Waals surface area (Å²) in [5, 5.41) is 0. The second-order valence-corrected chi connectivity index (χ2v) is 9.02. The summed E-state index contributed by atoms with van der Waals surface area (Å²) in [6.45, 7) is -0.257. The summed E-state index contributed by atoms with van der Waals surface area (Å²) in [6.07, 6.45) is -11.7. The van der Waals surface area contributed by atoms with E-state index in [1.54, 1.807) is 60.7 Å². The summed E-state index contributed by atoms with van der Waals surface area (Å²) in [6, 6.07) is 22.9. The van der Waals surface area contributed by atoms with Gasteiger partial charge >= 0.3 is 24.3 Å². The summed E-state index contributed by atoms with van der Waals surface area (Å²) in [4.78, 5) is 24.8. The highest BCUT2D eigenvalue weighted by atomic mass is 19.4. The first-order chi connectivity index (χ1) is 19.4. The van der Waals surface area contributed by atoms with Crippen LogP contribution in [0.2, 0.25) is 0 Å². The third-order valence-electron chi connectivity index (χ3n) is 6.38. The second-order valence-electron chi connectivity index (χ2n) is 9.02. The van der Waals surface area contributed by atoms with E-state index in [4.69, 9.17) is 9.47 Å². The molecule has 4 aromatic rings. The molecule has 212 valence electrons. The van der Waals surface area contributed by atoms with Crippen molar-refractivity contribution in [2.45, 2.75) is 31.0 Å². The van der Waals surface area contributed by atoms with Crippen LogP contribution in [0.3, 0.4) is 0 Å². The van der Waals surface area contributed by atoms with Crippen LogP contribution in [0.1, 0.15) is 43.0 Å². The minimum Gasteiger partial charge on any atom is -0.457 e.